The van der Waals surface area contributed by atoms with Gasteiger partial charge in [0.2, 0.25) is 0 Å². The van der Waals surface area contributed by atoms with Gasteiger partial charge in [-0.05, 0) is 24.3 Å². The quantitative estimate of drug-likeness (QED) is 0.790. The van der Waals surface area contributed by atoms with Crippen LogP contribution in [0.4, 0.5) is 13.2 Å². The maximum Gasteiger partial charge on any atom is 0.417 e. The molecule has 0 unspecified atom stereocenters. The lowest BCUT2D eigenvalue weighted by Gasteiger charge is -2.08. The maximum absolute atomic E-state index is 12.6. The summed E-state index contributed by atoms with van der Waals surface area (Å²) in [6.07, 6.45) is -0.576. The van der Waals surface area contributed by atoms with Crippen molar-refractivity contribution in [3.8, 4) is 5.82 Å². The van der Waals surface area contributed by atoms with Gasteiger partial charge in [0.15, 0.2) is 0 Å². The number of aromatic nitrogens is 3. The summed E-state index contributed by atoms with van der Waals surface area (Å²) in [5.41, 5.74) is 5.00. The first-order valence-electron chi connectivity index (χ1n) is 6.17. The number of carbonyl (C=O) groups excluding carboxylic acids is 1. The first-order valence-corrected chi connectivity index (χ1v) is 6.17. The van der Waals surface area contributed by atoms with Gasteiger partial charge in [-0.3, -0.25) is 9.78 Å². The summed E-state index contributed by atoms with van der Waals surface area (Å²) >= 11 is 0. The van der Waals surface area contributed by atoms with Crippen molar-refractivity contribution in [1.29, 1.82) is 0 Å². The molecule has 0 aliphatic carbocycles. The van der Waals surface area contributed by atoms with Crippen molar-refractivity contribution in [3.63, 3.8) is 0 Å². The van der Waals surface area contributed by atoms with Crippen molar-refractivity contribution in [1.82, 2.24) is 14.5 Å². The van der Waals surface area contributed by atoms with Gasteiger partial charge in [0.25, 0.3) is 5.91 Å². The third kappa shape index (κ3) is 2.39. The van der Waals surface area contributed by atoms with Gasteiger partial charge in [0.05, 0.1) is 11.1 Å². The number of rotatable bonds is 2. The van der Waals surface area contributed by atoms with Crippen LogP contribution in [-0.4, -0.2) is 20.4 Å². The van der Waals surface area contributed by atoms with E-state index < -0.39 is 17.6 Å². The number of nitrogens with zero attached hydrogens (tertiary/aromatic N) is 3. The standard InChI is InChI=1S/C14H9F3N4O/c15-14(16,17)9-1-2-12(20-7-9)21-4-3-8-6-19-10(13(18)22)5-11(8)21/h1-7H,(H2,18,22). The number of amides is 1. The van der Waals surface area contributed by atoms with Crippen LogP contribution in [-0.2, 0) is 6.18 Å². The van der Waals surface area contributed by atoms with Gasteiger partial charge in [-0.25, -0.2) is 4.98 Å². The smallest absolute Gasteiger partial charge is 0.364 e. The van der Waals surface area contributed by atoms with E-state index in [0.29, 0.717) is 16.7 Å². The lowest BCUT2D eigenvalue weighted by Crippen LogP contribution is -2.13. The van der Waals surface area contributed by atoms with Crippen LogP contribution >= 0.6 is 0 Å². The molecule has 3 rings (SSSR count). The highest BCUT2D eigenvalue weighted by atomic mass is 19.4. The highest BCUT2D eigenvalue weighted by Crippen LogP contribution is 2.29. The highest BCUT2D eigenvalue weighted by Gasteiger charge is 2.30. The van der Waals surface area contributed by atoms with Gasteiger partial charge >= 0.3 is 6.18 Å². The molecule has 3 heterocycles. The zero-order chi connectivity index (χ0) is 15.9. The number of fused-ring (bicyclic) bond motifs is 1. The molecule has 3 aromatic rings. The average molecular weight is 306 g/mol. The second-order valence-corrected chi connectivity index (χ2v) is 4.58. The summed E-state index contributed by atoms with van der Waals surface area (Å²) in [6.45, 7) is 0. The van der Waals surface area contributed by atoms with Crippen molar-refractivity contribution < 1.29 is 18.0 Å². The van der Waals surface area contributed by atoms with Gasteiger partial charge in [0, 0.05) is 24.0 Å². The zero-order valence-electron chi connectivity index (χ0n) is 11.0. The lowest BCUT2D eigenvalue weighted by molar-refractivity contribution is -0.137. The number of carbonyl (C=O) groups is 1. The molecule has 0 radical (unpaired) electrons. The van der Waals surface area contributed by atoms with Gasteiger partial charge < -0.3 is 10.3 Å². The largest absolute Gasteiger partial charge is 0.417 e. The minimum absolute atomic E-state index is 0.0689. The Bertz CT molecular complexity index is 853. The summed E-state index contributed by atoms with van der Waals surface area (Å²) < 4.78 is 39.2. The van der Waals surface area contributed by atoms with Crippen LogP contribution < -0.4 is 5.73 Å². The molecular weight excluding hydrogens is 297 g/mol. The van der Waals surface area contributed by atoms with Crippen LogP contribution in [0.15, 0.2) is 42.9 Å². The minimum atomic E-state index is -4.44. The Labute approximate surface area is 122 Å². The highest BCUT2D eigenvalue weighted by molar-refractivity contribution is 5.94. The van der Waals surface area contributed by atoms with Crippen molar-refractivity contribution in [3.05, 3.63) is 54.1 Å². The summed E-state index contributed by atoms with van der Waals surface area (Å²) in [7, 11) is 0. The van der Waals surface area contributed by atoms with E-state index in [9.17, 15) is 18.0 Å². The second kappa shape index (κ2) is 4.83. The average Bonchev–Trinajstić information content (AvgIpc) is 2.89. The van der Waals surface area contributed by atoms with E-state index in [-0.39, 0.29) is 5.69 Å². The minimum Gasteiger partial charge on any atom is -0.364 e. The summed E-state index contributed by atoms with van der Waals surface area (Å²) in [4.78, 5) is 18.9. The molecule has 22 heavy (non-hydrogen) atoms. The van der Waals surface area contributed by atoms with Crippen molar-refractivity contribution in [2.75, 3.05) is 0 Å². The van der Waals surface area contributed by atoms with E-state index in [1.54, 1.807) is 16.8 Å². The molecule has 5 nitrogen and oxygen atoms in total. The molecule has 0 fully saturated rings. The lowest BCUT2D eigenvalue weighted by atomic mass is 10.2. The number of halogens is 3. The van der Waals surface area contributed by atoms with Crippen molar-refractivity contribution in [2.24, 2.45) is 5.73 Å². The van der Waals surface area contributed by atoms with Gasteiger partial charge in [0.1, 0.15) is 11.5 Å². The Morgan fingerprint density at radius 1 is 1.14 bits per heavy atom. The molecule has 0 aliphatic heterocycles. The number of nitrogens with two attached hydrogens (primary N) is 1. The molecule has 0 aliphatic rings. The van der Waals surface area contributed by atoms with E-state index in [0.717, 1.165) is 12.3 Å². The molecule has 2 N–H and O–H groups in total. The first-order chi connectivity index (χ1) is 10.4. The summed E-state index contributed by atoms with van der Waals surface area (Å²) in [6, 6.07) is 5.39. The van der Waals surface area contributed by atoms with Crippen LogP contribution in [0.3, 0.4) is 0 Å². The molecular formula is C14H9F3N4O. The third-order valence-electron chi connectivity index (χ3n) is 3.15. The predicted molar refractivity (Wildman–Crippen MR) is 72.4 cm³/mol. The number of alkyl halides is 3. The fourth-order valence-corrected chi connectivity index (χ4v) is 2.06. The Kier molecular flexibility index (Phi) is 3.09. The van der Waals surface area contributed by atoms with E-state index in [4.69, 9.17) is 5.73 Å². The first kappa shape index (κ1) is 14.1. The molecule has 8 heteroatoms. The Morgan fingerprint density at radius 3 is 2.50 bits per heavy atom. The maximum atomic E-state index is 12.6. The molecule has 0 atom stereocenters. The van der Waals surface area contributed by atoms with E-state index in [1.807, 2.05) is 0 Å². The van der Waals surface area contributed by atoms with Crippen LogP contribution in [0.2, 0.25) is 0 Å². The second-order valence-electron chi connectivity index (χ2n) is 4.58. The van der Waals surface area contributed by atoms with Crippen molar-refractivity contribution in [2.45, 2.75) is 6.18 Å². The zero-order valence-corrected chi connectivity index (χ0v) is 11.0. The summed E-state index contributed by atoms with van der Waals surface area (Å²) in [5, 5.41) is 0.715. The number of hydrogen-bond acceptors (Lipinski definition) is 3. The molecule has 0 bridgehead atoms. The molecule has 112 valence electrons. The molecule has 0 saturated carbocycles. The summed E-state index contributed by atoms with van der Waals surface area (Å²) in [5.74, 6) is -0.389. The van der Waals surface area contributed by atoms with Crippen LogP contribution in [0.5, 0.6) is 0 Å². The molecule has 0 spiro atoms. The van der Waals surface area contributed by atoms with Gasteiger partial charge in [-0.15, -0.1) is 0 Å². The Morgan fingerprint density at radius 2 is 1.91 bits per heavy atom. The van der Waals surface area contributed by atoms with E-state index in [2.05, 4.69) is 9.97 Å². The molecule has 1 amide bonds. The molecule has 0 saturated heterocycles. The SMILES string of the molecule is NC(=O)c1cc2c(ccn2-c2ccc(C(F)(F)F)cn2)cn1. The molecule has 3 aromatic heterocycles. The normalized spacial score (nSPS) is 11.8. The Balaban J connectivity index is 2.10. The van der Waals surface area contributed by atoms with Crippen LogP contribution in [0.25, 0.3) is 16.7 Å². The predicted octanol–water partition coefficient (Wildman–Crippen LogP) is 2.54. The number of hydrogen-bond donors (Lipinski definition) is 1. The van der Waals surface area contributed by atoms with E-state index >= 15 is 0 Å². The van der Waals surface area contributed by atoms with Gasteiger partial charge in [-0.2, -0.15) is 13.2 Å². The monoisotopic (exact) mass is 306 g/mol. The fraction of sp³-hybridized carbons (Fsp3) is 0.0714. The number of primary amides is 1. The van der Waals surface area contributed by atoms with Crippen molar-refractivity contribution >= 4 is 16.8 Å². The Hall–Kier alpha value is -2.90. The topological polar surface area (TPSA) is 73.8 Å². The van der Waals surface area contributed by atoms with Gasteiger partial charge in [-0.1, -0.05) is 0 Å². The van der Waals surface area contributed by atoms with Crippen LogP contribution in [0.1, 0.15) is 16.1 Å². The fourth-order valence-electron chi connectivity index (χ4n) is 2.06. The van der Waals surface area contributed by atoms with Crippen LogP contribution in [0, 0.1) is 0 Å². The molecule has 0 aromatic carbocycles. The number of pyridine rings is 2. The van der Waals surface area contributed by atoms with E-state index in [1.165, 1.54) is 18.3 Å². The third-order valence-corrected chi connectivity index (χ3v) is 3.15.